The second-order valence-electron chi connectivity index (χ2n) is 10.6. The molecule has 1 saturated carbocycles. The Morgan fingerprint density at radius 2 is 1.97 bits per heavy atom. The van der Waals surface area contributed by atoms with Crippen molar-refractivity contribution < 1.29 is 0 Å². The third-order valence-electron chi connectivity index (χ3n) is 7.53. The molecule has 1 aliphatic heterocycles. The monoisotopic (exact) mass is 495 g/mol. The van der Waals surface area contributed by atoms with E-state index in [1.54, 1.807) is 10.8 Å². The molecule has 5 heterocycles. The van der Waals surface area contributed by atoms with Gasteiger partial charge >= 0.3 is 5.69 Å². The maximum atomic E-state index is 13.9. The number of piperazine rings is 1. The SMILES string of the molecule is Cc1ccnc(C(C)C)c1-n1c(=O)nc(N2CCNC[C@@H]2C)c2cc(C3CC3)c(-c3cccnc3)nc21. The van der Waals surface area contributed by atoms with E-state index in [2.05, 4.69) is 47.0 Å². The first-order chi connectivity index (χ1) is 17.9. The second-order valence-corrected chi connectivity index (χ2v) is 10.6. The van der Waals surface area contributed by atoms with Crippen molar-refractivity contribution in [1.82, 2.24) is 29.8 Å². The summed E-state index contributed by atoms with van der Waals surface area (Å²) in [4.78, 5) is 35.3. The van der Waals surface area contributed by atoms with Crippen LogP contribution in [0.5, 0.6) is 0 Å². The van der Waals surface area contributed by atoms with Gasteiger partial charge in [0.1, 0.15) is 5.82 Å². The van der Waals surface area contributed by atoms with Crippen molar-refractivity contribution in [2.75, 3.05) is 24.5 Å². The lowest BCUT2D eigenvalue weighted by molar-refractivity contribution is 0.497. The Balaban J connectivity index is 1.73. The van der Waals surface area contributed by atoms with E-state index in [1.165, 1.54) is 5.56 Å². The largest absolute Gasteiger partial charge is 0.355 e. The summed E-state index contributed by atoms with van der Waals surface area (Å²) in [6.45, 7) is 10.9. The van der Waals surface area contributed by atoms with Crippen LogP contribution in [-0.4, -0.2) is 50.2 Å². The zero-order valence-corrected chi connectivity index (χ0v) is 21.9. The van der Waals surface area contributed by atoms with Crippen molar-refractivity contribution in [3.05, 3.63) is 70.2 Å². The molecule has 0 aromatic carbocycles. The molecule has 190 valence electrons. The third kappa shape index (κ3) is 4.19. The van der Waals surface area contributed by atoms with E-state index in [1.807, 2.05) is 37.5 Å². The highest BCUT2D eigenvalue weighted by atomic mass is 16.1. The summed E-state index contributed by atoms with van der Waals surface area (Å²) in [6.07, 6.45) is 7.74. The lowest BCUT2D eigenvalue weighted by atomic mass is 10.0. The number of nitrogens with zero attached hydrogens (tertiary/aromatic N) is 6. The topological polar surface area (TPSA) is 88.8 Å². The van der Waals surface area contributed by atoms with Crippen molar-refractivity contribution in [1.29, 1.82) is 0 Å². The van der Waals surface area contributed by atoms with Gasteiger partial charge in [-0.25, -0.2) is 14.3 Å². The van der Waals surface area contributed by atoms with E-state index >= 15 is 0 Å². The van der Waals surface area contributed by atoms with Crippen LogP contribution >= 0.6 is 0 Å². The normalized spacial score (nSPS) is 18.1. The minimum atomic E-state index is -0.324. The zero-order chi connectivity index (χ0) is 25.7. The van der Waals surface area contributed by atoms with Crippen molar-refractivity contribution in [2.24, 2.45) is 0 Å². The van der Waals surface area contributed by atoms with Crippen molar-refractivity contribution in [2.45, 2.75) is 58.4 Å². The highest BCUT2D eigenvalue weighted by molar-refractivity contribution is 5.91. The van der Waals surface area contributed by atoms with Crippen LogP contribution in [0.25, 0.3) is 28.0 Å². The summed E-state index contributed by atoms with van der Waals surface area (Å²) >= 11 is 0. The van der Waals surface area contributed by atoms with Gasteiger partial charge in [0.15, 0.2) is 5.65 Å². The Labute approximate surface area is 216 Å². The van der Waals surface area contributed by atoms with Crippen molar-refractivity contribution in [3.8, 4) is 16.9 Å². The number of nitrogens with one attached hydrogen (secondary N) is 1. The van der Waals surface area contributed by atoms with Gasteiger partial charge in [-0.1, -0.05) is 13.8 Å². The maximum Gasteiger partial charge on any atom is 0.355 e. The molecule has 2 fully saturated rings. The van der Waals surface area contributed by atoms with E-state index in [4.69, 9.17) is 9.97 Å². The number of rotatable bonds is 5. The number of aryl methyl sites for hydroxylation is 1. The molecule has 6 rings (SSSR count). The van der Waals surface area contributed by atoms with Crippen LogP contribution in [0.15, 0.2) is 47.7 Å². The predicted molar refractivity (Wildman–Crippen MR) is 147 cm³/mol. The quantitative estimate of drug-likeness (QED) is 0.440. The molecule has 1 aliphatic carbocycles. The van der Waals surface area contributed by atoms with Gasteiger partial charge in [0, 0.05) is 49.8 Å². The van der Waals surface area contributed by atoms with Gasteiger partial charge in [0.05, 0.1) is 22.5 Å². The van der Waals surface area contributed by atoms with Gasteiger partial charge in [-0.05, 0) is 73.9 Å². The van der Waals surface area contributed by atoms with Gasteiger partial charge in [-0.2, -0.15) is 4.98 Å². The van der Waals surface area contributed by atoms with E-state index in [0.717, 1.165) is 71.9 Å². The summed E-state index contributed by atoms with van der Waals surface area (Å²) in [7, 11) is 0. The number of pyridine rings is 3. The lowest BCUT2D eigenvalue weighted by Crippen LogP contribution is -2.50. The summed E-state index contributed by atoms with van der Waals surface area (Å²) < 4.78 is 1.69. The molecule has 2 aliphatic rings. The Hall–Kier alpha value is -3.65. The Morgan fingerprint density at radius 1 is 1.14 bits per heavy atom. The Bertz CT molecular complexity index is 1530. The van der Waals surface area contributed by atoms with E-state index in [-0.39, 0.29) is 17.6 Å². The fraction of sp³-hybridized carbons (Fsp3) is 0.414. The van der Waals surface area contributed by atoms with Crippen molar-refractivity contribution >= 4 is 16.9 Å². The average molecular weight is 496 g/mol. The third-order valence-corrected chi connectivity index (χ3v) is 7.53. The first kappa shape index (κ1) is 23.7. The zero-order valence-electron chi connectivity index (χ0n) is 21.9. The van der Waals surface area contributed by atoms with Gasteiger partial charge in [0.25, 0.3) is 0 Å². The molecule has 0 radical (unpaired) electrons. The van der Waals surface area contributed by atoms with Crippen LogP contribution in [0.1, 0.15) is 62.3 Å². The smallest absolute Gasteiger partial charge is 0.351 e. The first-order valence-corrected chi connectivity index (χ1v) is 13.3. The molecule has 1 N–H and O–H groups in total. The molecule has 0 unspecified atom stereocenters. The molecule has 0 bridgehead atoms. The summed E-state index contributed by atoms with van der Waals surface area (Å²) in [5, 5.41) is 4.37. The fourth-order valence-corrected chi connectivity index (χ4v) is 5.45. The molecule has 8 heteroatoms. The summed E-state index contributed by atoms with van der Waals surface area (Å²) in [6, 6.07) is 8.40. The molecule has 4 aromatic rings. The Kier molecular flexibility index (Phi) is 5.99. The van der Waals surface area contributed by atoms with Gasteiger partial charge in [-0.15, -0.1) is 0 Å². The number of hydrogen-bond acceptors (Lipinski definition) is 7. The Morgan fingerprint density at radius 3 is 2.68 bits per heavy atom. The van der Waals surface area contributed by atoms with Crippen LogP contribution in [0.2, 0.25) is 0 Å². The summed E-state index contributed by atoms with van der Waals surface area (Å²) in [5.74, 6) is 1.32. The average Bonchev–Trinajstić information content (AvgIpc) is 3.74. The molecule has 8 nitrogen and oxygen atoms in total. The maximum absolute atomic E-state index is 13.9. The molecule has 1 saturated heterocycles. The number of aromatic nitrogens is 5. The molecule has 0 amide bonds. The predicted octanol–water partition coefficient (Wildman–Crippen LogP) is 4.35. The van der Waals surface area contributed by atoms with Gasteiger partial charge in [-0.3, -0.25) is 9.97 Å². The van der Waals surface area contributed by atoms with Crippen LogP contribution < -0.4 is 15.9 Å². The highest BCUT2D eigenvalue weighted by Gasteiger charge is 2.31. The number of anilines is 1. The van der Waals surface area contributed by atoms with E-state index in [0.29, 0.717) is 11.6 Å². The van der Waals surface area contributed by atoms with Crippen LogP contribution in [0, 0.1) is 6.92 Å². The van der Waals surface area contributed by atoms with Crippen LogP contribution in [0.3, 0.4) is 0 Å². The molecule has 1 atom stereocenters. The second kappa shape index (κ2) is 9.34. The lowest BCUT2D eigenvalue weighted by Gasteiger charge is -2.35. The number of hydrogen-bond donors (Lipinski definition) is 1. The van der Waals surface area contributed by atoms with Crippen LogP contribution in [0.4, 0.5) is 5.82 Å². The minimum absolute atomic E-state index is 0.133. The fourth-order valence-electron chi connectivity index (χ4n) is 5.45. The minimum Gasteiger partial charge on any atom is -0.351 e. The number of fused-ring (bicyclic) bond motifs is 1. The van der Waals surface area contributed by atoms with Crippen molar-refractivity contribution in [3.63, 3.8) is 0 Å². The van der Waals surface area contributed by atoms with E-state index < -0.39 is 0 Å². The highest BCUT2D eigenvalue weighted by Crippen LogP contribution is 2.45. The molecular formula is C29H33N7O. The van der Waals surface area contributed by atoms with Crippen LogP contribution in [-0.2, 0) is 0 Å². The van der Waals surface area contributed by atoms with Gasteiger partial charge < -0.3 is 10.2 Å². The molecular weight excluding hydrogens is 462 g/mol. The van der Waals surface area contributed by atoms with E-state index in [9.17, 15) is 4.79 Å². The summed E-state index contributed by atoms with van der Waals surface area (Å²) in [5.41, 5.74) is 6.00. The standard InChI is InChI=1S/C29H33N7O/c1-17(2)24-26(18(3)9-11-32-24)36-28-23(27(34-29(36)37)35-13-12-31-15-19(35)4)14-22(20-7-8-20)25(33-28)21-6-5-10-30-16-21/h5-6,9-11,14,16-17,19-20,31H,7-8,12-13,15H2,1-4H3/t19-/m0/s1. The molecule has 0 spiro atoms. The van der Waals surface area contributed by atoms with Gasteiger partial charge in [0.2, 0.25) is 0 Å². The first-order valence-electron chi connectivity index (χ1n) is 13.3. The molecule has 4 aromatic heterocycles. The molecule has 37 heavy (non-hydrogen) atoms.